The van der Waals surface area contributed by atoms with Crippen molar-refractivity contribution in [2.75, 3.05) is 0 Å². The molecule has 98 valence electrons. The standard InChI is InChI=1S/C12H15NO5/c1-5(2)17-12(16)13-10(14)8-6-3-4-7(18-6)9(8)11(13)15/h5-9H,3-4H2,1-2H3/t6-,7-,8-,9+/m0/s1. The van der Waals surface area contributed by atoms with Crippen LogP contribution in [0.4, 0.5) is 4.79 Å². The number of hydrogen-bond donors (Lipinski definition) is 0. The zero-order chi connectivity index (χ0) is 13.0. The first-order valence-electron chi connectivity index (χ1n) is 6.24. The molecule has 0 aromatic carbocycles. The smallest absolute Gasteiger partial charge is 0.423 e. The van der Waals surface area contributed by atoms with E-state index < -0.39 is 29.7 Å². The van der Waals surface area contributed by atoms with E-state index in [2.05, 4.69) is 0 Å². The number of likely N-dealkylation sites (tertiary alicyclic amines) is 1. The number of ether oxygens (including phenoxy) is 2. The van der Waals surface area contributed by atoms with Crippen molar-refractivity contribution in [1.82, 2.24) is 4.90 Å². The highest BCUT2D eigenvalue weighted by Gasteiger charge is 2.64. The summed E-state index contributed by atoms with van der Waals surface area (Å²) in [7, 11) is 0. The highest BCUT2D eigenvalue weighted by atomic mass is 16.6. The molecule has 0 aliphatic carbocycles. The van der Waals surface area contributed by atoms with Gasteiger partial charge >= 0.3 is 6.09 Å². The van der Waals surface area contributed by atoms with E-state index in [9.17, 15) is 14.4 Å². The van der Waals surface area contributed by atoms with Crippen LogP contribution in [0.15, 0.2) is 0 Å². The summed E-state index contributed by atoms with van der Waals surface area (Å²) >= 11 is 0. The van der Waals surface area contributed by atoms with Gasteiger partial charge < -0.3 is 9.47 Å². The number of carbonyl (C=O) groups excluding carboxylic acids is 3. The second kappa shape index (κ2) is 3.78. The number of carbonyl (C=O) groups is 3. The van der Waals surface area contributed by atoms with E-state index in [1.165, 1.54) is 0 Å². The minimum absolute atomic E-state index is 0.201. The van der Waals surface area contributed by atoms with Crippen LogP contribution in [0, 0.1) is 11.8 Å². The third-order valence-electron chi connectivity index (χ3n) is 3.80. The Kier molecular flexibility index (Phi) is 2.45. The fourth-order valence-electron chi connectivity index (χ4n) is 3.15. The minimum atomic E-state index is -0.853. The van der Waals surface area contributed by atoms with E-state index >= 15 is 0 Å². The fourth-order valence-corrected chi connectivity index (χ4v) is 3.15. The maximum Gasteiger partial charge on any atom is 0.423 e. The third-order valence-corrected chi connectivity index (χ3v) is 3.80. The molecule has 6 heteroatoms. The van der Waals surface area contributed by atoms with Gasteiger partial charge in [-0.3, -0.25) is 9.59 Å². The number of fused-ring (bicyclic) bond motifs is 5. The van der Waals surface area contributed by atoms with E-state index in [0.717, 1.165) is 12.8 Å². The van der Waals surface area contributed by atoms with Gasteiger partial charge in [-0.15, -0.1) is 0 Å². The van der Waals surface area contributed by atoms with Crippen LogP contribution >= 0.6 is 0 Å². The van der Waals surface area contributed by atoms with Gasteiger partial charge in [-0.1, -0.05) is 0 Å². The highest BCUT2D eigenvalue weighted by Crippen LogP contribution is 2.48. The summed E-state index contributed by atoms with van der Waals surface area (Å²) in [5.41, 5.74) is 0. The lowest BCUT2D eigenvalue weighted by Gasteiger charge is -2.16. The van der Waals surface area contributed by atoms with Gasteiger partial charge in [0.1, 0.15) is 0 Å². The van der Waals surface area contributed by atoms with Crippen molar-refractivity contribution in [2.45, 2.75) is 45.0 Å². The normalized spacial score (nSPS) is 37.6. The summed E-state index contributed by atoms with van der Waals surface area (Å²) in [6.07, 6.45) is -0.0301. The summed E-state index contributed by atoms with van der Waals surface area (Å²) in [5.74, 6) is -1.86. The predicted molar refractivity (Wildman–Crippen MR) is 58.3 cm³/mol. The molecule has 3 fully saturated rings. The molecular weight excluding hydrogens is 238 g/mol. The van der Waals surface area contributed by atoms with Crippen LogP contribution in [0.2, 0.25) is 0 Å². The van der Waals surface area contributed by atoms with Gasteiger partial charge in [0.05, 0.1) is 30.1 Å². The zero-order valence-corrected chi connectivity index (χ0v) is 10.3. The van der Waals surface area contributed by atoms with Crippen LogP contribution in [-0.4, -0.2) is 41.1 Å². The zero-order valence-electron chi connectivity index (χ0n) is 10.3. The third kappa shape index (κ3) is 1.41. The van der Waals surface area contributed by atoms with Crippen molar-refractivity contribution >= 4 is 17.9 Å². The molecule has 0 spiro atoms. The molecule has 4 atom stereocenters. The Morgan fingerprint density at radius 3 is 2.17 bits per heavy atom. The van der Waals surface area contributed by atoms with E-state index in [0.29, 0.717) is 4.90 Å². The Balaban J connectivity index is 1.84. The van der Waals surface area contributed by atoms with Crippen LogP contribution < -0.4 is 0 Å². The summed E-state index contributed by atoms with van der Waals surface area (Å²) < 4.78 is 10.5. The van der Waals surface area contributed by atoms with Crippen LogP contribution in [0.3, 0.4) is 0 Å². The molecule has 3 rings (SSSR count). The Hall–Kier alpha value is -1.43. The average Bonchev–Trinajstić information content (AvgIpc) is 2.91. The second-order valence-electron chi connectivity index (χ2n) is 5.29. The van der Waals surface area contributed by atoms with Crippen LogP contribution in [0.5, 0.6) is 0 Å². The summed E-state index contributed by atoms with van der Waals surface area (Å²) in [6.45, 7) is 3.35. The number of hydrogen-bond acceptors (Lipinski definition) is 5. The van der Waals surface area contributed by atoms with Crippen molar-refractivity contribution < 1.29 is 23.9 Å². The molecule has 0 saturated carbocycles. The Bertz CT molecular complexity index is 404. The van der Waals surface area contributed by atoms with E-state index in [1.54, 1.807) is 13.8 Å². The molecular formula is C12H15NO5. The molecule has 6 nitrogen and oxygen atoms in total. The van der Waals surface area contributed by atoms with Gasteiger partial charge in [-0.25, -0.2) is 4.79 Å². The van der Waals surface area contributed by atoms with Crippen molar-refractivity contribution in [2.24, 2.45) is 11.8 Å². The lowest BCUT2D eigenvalue weighted by atomic mass is 9.81. The molecule has 0 N–H and O–H groups in total. The monoisotopic (exact) mass is 253 g/mol. The first-order chi connectivity index (χ1) is 8.50. The molecule has 0 radical (unpaired) electrons. The summed E-state index contributed by atoms with van der Waals surface area (Å²) in [5, 5.41) is 0. The molecule has 18 heavy (non-hydrogen) atoms. The molecule has 3 amide bonds. The van der Waals surface area contributed by atoms with Crippen molar-refractivity contribution in [3.05, 3.63) is 0 Å². The molecule has 3 heterocycles. The molecule has 0 unspecified atom stereocenters. The first-order valence-corrected chi connectivity index (χ1v) is 6.24. The highest BCUT2D eigenvalue weighted by molar-refractivity contribution is 6.16. The lowest BCUT2D eigenvalue weighted by Crippen LogP contribution is -2.40. The second-order valence-corrected chi connectivity index (χ2v) is 5.29. The fraction of sp³-hybridized carbons (Fsp3) is 0.750. The van der Waals surface area contributed by atoms with Crippen LogP contribution in [0.1, 0.15) is 26.7 Å². The van der Waals surface area contributed by atoms with Crippen molar-refractivity contribution in [3.63, 3.8) is 0 Å². The summed E-state index contributed by atoms with van der Waals surface area (Å²) in [6, 6.07) is 0. The topological polar surface area (TPSA) is 72.9 Å². The quantitative estimate of drug-likeness (QED) is 0.643. The summed E-state index contributed by atoms with van der Waals surface area (Å²) in [4.78, 5) is 36.7. The van der Waals surface area contributed by atoms with Crippen molar-refractivity contribution in [3.8, 4) is 0 Å². The number of rotatable bonds is 1. The van der Waals surface area contributed by atoms with Crippen LogP contribution in [-0.2, 0) is 19.1 Å². The number of amides is 3. The minimum Gasteiger partial charge on any atom is -0.446 e. The molecule has 3 aliphatic rings. The maximum atomic E-state index is 12.1. The Labute approximate surface area is 104 Å². The van der Waals surface area contributed by atoms with Gasteiger partial charge in [0, 0.05) is 0 Å². The van der Waals surface area contributed by atoms with E-state index in [4.69, 9.17) is 9.47 Å². The van der Waals surface area contributed by atoms with E-state index in [1.807, 2.05) is 0 Å². The maximum absolute atomic E-state index is 12.1. The average molecular weight is 253 g/mol. The molecule has 0 aromatic rings. The van der Waals surface area contributed by atoms with Crippen LogP contribution in [0.25, 0.3) is 0 Å². The molecule has 0 aromatic heterocycles. The first kappa shape index (κ1) is 11.6. The number of nitrogens with zero attached hydrogens (tertiary/aromatic N) is 1. The molecule has 2 bridgehead atoms. The SMILES string of the molecule is CC(C)OC(=O)N1C(=O)[C@@H]2[C@H](C1=O)[C@@H]1CC[C@@H]2O1. The van der Waals surface area contributed by atoms with Gasteiger partial charge in [0.2, 0.25) is 11.8 Å². The van der Waals surface area contributed by atoms with Gasteiger partial charge in [0.25, 0.3) is 0 Å². The number of imide groups is 3. The van der Waals surface area contributed by atoms with Gasteiger partial charge in [0.15, 0.2) is 0 Å². The van der Waals surface area contributed by atoms with Gasteiger partial charge in [-0.2, -0.15) is 4.90 Å². The van der Waals surface area contributed by atoms with Gasteiger partial charge in [-0.05, 0) is 26.7 Å². The largest absolute Gasteiger partial charge is 0.446 e. The Morgan fingerprint density at radius 1 is 1.22 bits per heavy atom. The lowest BCUT2D eigenvalue weighted by molar-refractivity contribution is -0.140. The molecule has 3 saturated heterocycles. The molecule has 3 aliphatic heterocycles. The van der Waals surface area contributed by atoms with E-state index in [-0.39, 0.29) is 18.3 Å². The predicted octanol–water partition coefficient (Wildman–Crippen LogP) is 0.694. The van der Waals surface area contributed by atoms with Crippen molar-refractivity contribution in [1.29, 1.82) is 0 Å². The Morgan fingerprint density at radius 2 is 1.72 bits per heavy atom.